The predicted octanol–water partition coefficient (Wildman–Crippen LogP) is 5.14. The van der Waals surface area contributed by atoms with Crippen molar-refractivity contribution in [3.63, 3.8) is 0 Å². The van der Waals surface area contributed by atoms with Crippen LogP contribution in [0.5, 0.6) is 5.75 Å². The van der Waals surface area contributed by atoms with Crippen molar-refractivity contribution in [3.8, 4) is 5.75 Å². The third-order valence-corrected chi connectivity index (χ3v) is 6.14. The Morgan fingerprint density at radius 3 is 2.79 bits per heavy atom. The number of piperidine rings is 1. The smallest absolute Gasteiger partial charge is 0.224 e. The number of amides is 1. The van der Waals surface area contributed by atoms with Gasteiger partial charge in [-0.3, -0.25) is 9.69 Å². The topological polar surface area (TPSA) is 41.6 Å². The van der Waals surface area contributed by atoms with Crippen LogP contribution in [0.2, 0.25) is 5.02 Å². The number of hydrogen-bond acceptors (Lipinski definition) is 3. The summed E-state index contributed by atoms with van der Waals surface area (Å²) in [6.45, 7) is 6.71. The summed E-state index contributed by atoms with van der Waals surface area (Å²) in [5, 5.41) is 4.07. The highest BCUT2D eigenvalue weighted by molar-refractivity contribution is 6.31. The molecule has 1 N–H and O–H groups in total. The molecule has 2 aromatic carbocycles. The largest absolute Gasteiger partial charge is 0.496 e. The van der Waals surface area contributed by atoms with Crippen molar-refractivity contribution in [2.75, 3.05) is 20.2 Å². The molecule has 0 radical (unpaired) electrons. The molecule has 2 unspecified atom stereocenters. The second-order valence-electron chi connectivity index (χ2n) is 7.86. The molecule has 1 heterocycles. The second-order valence-corrected chi connectivity index (χ2v) is 8.27. The van der Waals surface area contributed by atoms with E-state index in [1.165, 1.54) is 0 Å². The van der Waals surface area contributed by atoms with Crippen molar-refractivity contribution < 1.29 is 9.53 Å². The predicted molar refractivity (Wildman–Crippen MR) is 118 cm³/mol. The number of likely N-dealkylation sites (tertiary alicyclic amines) is 1. The summed E-state index contributed by atoms with van der Waals surface area (Å²) in [6, 6.07) is 14.1. The average molecular weight is 415 g/mol. The molecule has 1 aliphatic heterocycles. The van der Waals surface area contributed by atoms with Gasteiger partial charge in [0.1, 0.15) is 5.75 Å². The van der Waals surface area contributed by atoms with Crippen LogP contribution < -0.4 is 10.1 Å². The molecule has 1 fully saturated rings. The van der Waals surface area contributed by atoms with Crippen LogP contribution in [-0.2, 0) is 11.3 Å². The van der Waals surface area contributed by atoms with Crippen LogP contribution in [0.15, 0.2) is 42.5 Å². The second kappa shape index (κ2) is 10.1. The normalized spacial score (nSPS) is 18.3. The maximum Gasteiger partial charge on any atom is 0.224 e. The van der Waals surface area contributed by atoms with Gasteiger partial charge in [-0.25, -0.2) is 0 Å². The first-order valence-electron chi connectivity index (χ1n) is 10.4. The molecule has 0 saturated carbocycles. The van der Waals surface area contributed by atoms with E-state index in [-0.39, 0.29) is 17.9 Å². The van der Waals surface area contributed by atoms with Gasteiger partial charge in [-0.1, -0.05) is 48.9 Å². The Bertz CT molecular complexity index is 839. The zero-order valence-corrected chi connectivity index (χ0v) is 18.3. The lowest BCUT2D eigenvalue weighted by Crippen LogP contribution is -2.43. The summed E-state index contributed by atoms with van der Waals surface area (Å²) < 4.78 is 5.36. The molecule has 1 aliphatic rings. The SMILES string of the molecule is CCC(NC(=O)C1CCCN(Cc2ccccc2Cl)C1)c1ccc(OC)c(C)c1. The fraction of sp³-hybridized carbons (Fsp3) is 0.458. The molecular formula is C24H31ClN2O2. The first kappa shape index (κ1) is 21.7. The van der Waals surface area contributed by atoms with E-state index in [1.54, 1.807) is 7.11 Å². The molecule has 29 heavy (non-hydrogen) atoms. The minimum Gasteiger partial charge on any atom is -0.496 e. The van der Waals surface area contributed by atoms with E-state index >= 15 is 0 Å². The third-order valence-electron chi connectivity index (χ3n) is 5.77. The maximum atomic E-state index is 13.0. The number of halogens is 1. The van der Waals surface area contributed by atoms with Crippen LogP contribution in [0.3, 0.4) is 0 Å². The maximum absolute atomic E-state index is 13.0. The fourth-order valence-electron chi connectivity index (χ4n) is 4.11. The number of ether oxygens (including phenoxy) is 1. The summed E-state index contributed by atoms with van der Waals surface area (Å²) in [6.07, 6.45) is 2.82. The number of nitrogens with one attached hydrogen (secondary N) is 1. The Balaban J connectivity index is 1.63. The molecule has 1 saturated heterocycles. The molecule has 0 aromatic heterocycles. The Labute approximate surface area is 179 Å². The monoisotopic (exact) mass is 414 g/mol. The zero-order valence-electron chi connectivity index (χ0n) is 17.6. The minimum absolute atomic E-state index is 0.0135. The van der Waals surface area contributed by atoms with Crippen molar-refractivity contribution in [1.82, 2.24) is 10.2 Å². The zero-order chi connectivity index (χ0) is 20.8. The van der Waals surface area contributed by atoms with Crippen LogP contribution in [0, 0.1) is 12.8 Å². The molecule has 156 valence electrons. The van der Waals surface area contributed by atoms with Gasteiger partial charge in [0.05, 0.1) is 19.1 Å². The van der Waals surface area contributed by atoms with Crippen LogP contribution in [0.4, 0.5) is 0 Å². The lowest BCUT2D eigenvalue weighted by molar-refractivity contribution is -0.127. The number of aryl methyl sites for hydroxylation is 1. The van der Waals surface area contributed by atoms with E-state index in [1.807, 2.05) is 37.3 Å². The Morgan fingerprint density at radius 1 is 1.31 bits per heavy atom. The van der Waals surface area contributed by atoms with Gasteiger partial charge >= 0.3 is 0 Å². The number of carbonyl (C=O) groups excluding carboxylic acids is 1. The van der Waals surface area contributed by atoms with Gasteiger partial charge in [0.25, 0.3) is 0 Å². The minimum atomic E-state index is 0.0135. The molecule has 1 amide bonds. The lowest BCUT2D eigenvalue weighted by Gasteiger charge is -2.33. The molecule has 0 aliphatic carbocycles. The van der Waals surface area contributed by atoms with Crippen LogP contribution >= 0.6 is 11.6 Å². The fourth-order valence-corrected chi connectivity index (χ4v) is 4.31. The highest BCUT2D eigenvalue weighted by Gasteiger charge is 2.27. The van der Waals surface area contributed by atoms with Gasteiger partial charge in [-0.15, -0.1) is 0 Å². The number of hydrogen-bond donors (Lipinski definition) is 1. The van der Waals surface area contributed by atoms with Crippen LogP contribution in [0.1, 0.15) is 48.9 Å². The standard InChI is InChI=1S/C24H31ClN2O2/c1-4-22(18-11-12-23(29-3)17(2)14-18)26-24(28)20-9-7-13-27(16-20)15-19-8-5-6-10-21(19)25/h5-6,8,10-12,14,20,22H,4,7,9,13,15-16H2,1-3H3,(H,26,28). The lowest BCUT2D eigenvalue weighted by atomic mass is 9.95. The molecular weight excluding hydrogens is 384 g/mol. The number of nitrogens with zero attached hydrogens (tertiary/aromatic N) is 1. The van der Waals surface area contributed by atoms with E-state index in [0.717, 1.165) is 66.4 Å². The summed E-state index contributed by atoms with van der Waals surface area (Å²) in [7, 11) is 1.68. The van der Waals surface area contributed by atoms with Gasteiger partial charge in [0.2, 0.25) is 5.91 Å². The summed E-state index contributed by atoms with van der Waals surface area (Å²) in [5.41, 5.74) is 3.33. The average Bonchev–Trinajstić information content (AvgIpc) is 2.73. The first-order chi connectivity index (χ1) is 14.0. The van der Waals surface area contributed by atoms with Gasteiger partial charge in [-0.05, 0) is 61.6 Å². The summed E-state index contributed by atoms with van der Waals surface area (Å²) in [4.78, 5) is 15.4. The van der Waals surface area contributed by atoms with E-state index < -0.39 is 0 Å². The number of carbonyl (C=O) groups is 1. The van der Waals surface area contributed by atoms with Crippen molar-refractivity contribution in [2.24, 2.45) is 5.92 Å². The number of methoxy groups -OCH3 is 1. The molecule has 5 heteroatoms. The quantitative estimate of drug-likeness (QED) is 0.682. The van der Waals surface area contributed by atoms with Gasteiger partial charge in [0.15, 0.2) is 0 Å². The first-order valence-corrected chi connectivity index (χ1v) is 10.8. The van der Waals surface area contributed by atoms with E-state index in [9.17, 15) is 4.79 Å². The highest BCUT2D eigenvalue weighted by Crippen LogP contribution is 2.26. The van der Waals surface area contributed by atoms with Gasteiger partial charge in [0, 0.05) is 18.1 Å². The van der Waals surface area contributed by atoms with E-state index in [2.05, 4.69) is 29.3 Å². The van der Waals surface area contributed by atoms with Crippen molar-refractivity contribution in [1.29, 1.82) is 0 Å². The van der Waals surface area contributed by atoms with E-state index in [0.29, 0.717) is 0 Å². The van der Waals surface area contributed by atoms with E-state index in [4.69, 9.17) is 16.3 Å². The Morgan fingerprint density at radius 2 is 2.10 bits per heavy atom. The molecule has 4 nitrogen and oxygen atoms in total. The molecule has 2 atom stereocenters. The van der Waals surface area contributed by atoms with Gasteiger partial charge < -0.3 is 10.1 Å². The van der Waals surface area contributed by atoms with Crippen molar-refractivity contribution in [2.45, 2.75) is 45.7 Å². The highest BCUT2D eigenvalue weighted by atomic mass is 35.5. The molecule has 0 spiro atoms. The Kier molecular flexibility index (Phi) is 7.57. The molecule has 3 rings (SSSR count). The van der Waals surface area contributed by atoms with Crippen LogP contribution in [0.25, 0.3) is 0 Å². The van der Waals surface area contributed by atoms with Crippen molar-refractivity contribution in [3.05, 3.63) is 64.2 Å². The number of benzene rings is 2. The third kappa shape index (κ3) is 5.52. The number of rotatable bonds is 7. The van der Waals surface area contributed by atoms with Gasteiger partial charge in [-0.2, -0.15) is 0 Å². The summed E-state index contributed by atoms with van der Waals surface area (Å²) in [5.74, 6) is 1.03. The summed E-state index contributed by atoms with van der Waals surface area (Å²) >= 11 is 6.32. The Hall–Kier alpha value is -2.04. The van der Waals surface area contributed by atoms with Crippen molar-refractivity contribution >= 4 is 17.5 Å². The molecule has 2 aromatic rings. The molecule has 0 bridgehead atoms. The van der Waals surface area contributed by atoms with Crippen LogP contribution in [-0.4, -0.2) is 31.0 Å².